The lowest BCUT2D eigenvalue weighted by Crippen LogP contribution is -2.20. The highest BCUT2D eigenvalue weighted by atomic mass is 35.5. The van der Waals surface area contributed by atoms with Crippen LogP contribution in [0.4, 0.5) is 16.2 Å². The quantitative estimate of drug-likeness (QED) is 0.572. The van der Waals surface area contributed by atoms with Crippen LogP contribution in [0.5, 0.6) is 0 Å². The summed E-state index contributed by atoms with van der Waals surface area (Å²) in [4.78, 5) is 24.4. The van der Waals surface area contributed by atoms with E-state index in [1.165, 1.54) is 0 Å². The van der Waals surface area contributed by atoms with Crippen LogP contribution < -0.4 is 10.6 Å². The molecule has 3 aromatic rings. The maximum absolute atomic E-state index is 12.1. The summed E-state index contributed by atoms with van der Waals surface area (Å²) < 4.78 is 0. The monoisotopic (exact) mass is 372 g/mol. The van der Waals surface area contributed by atoms with Gasteiger partial charge in [-0.1, -0.05) is 41.9 Å². The van der Waals surface area contributed by atoms with Crippen molar-refractivity contribution in [1.29, 1.82) is 0 Å². The maximum Gasteiger partial charge on any atom is 0.348 e. The molecule has 126 valence electrons. The molecule has 0 spiro atoms. The third-order valence-electron chi connectivity index (χ3n) is 3.33. The van der Waals surface area contributed by atoms with Crippen molar-refractivity contribution in [2.45, 2.75) is 0 Å². The molecular weight excluding hydrogens is 360 g/mol. The molecule has 25 heavy (non-hydrogen) atoms. The first-order valence-electron chi connectivity index (χ1n) is 7.29. The number of nitrogens with one attached hydrogen (secondary N) is 2. The van der Waals surface area contributed by atoms with Crippen molar-refractivity contribution < 1.29 is 14.7 Å². The Hall–Kier alpha value is -2.83. The Labute approximate surface area is 152 Å². The third kappa shape index (κ3) is 4.17. The zero-order valence-corrected chi connectivity index (χ0v) is 14.4. The number of carboxylic acids is 1. The van der Waals surface area contributed by atoms with E-state index >= 15 is 0 Å². The fourth-order valence-corrected chi connectivity index (χ4v) is 3.29. The van der Waals surface area contributed by atoms with E-state index in [-0.39, 0.29) is 10.6 Å². The van der Waals surface area contributed by atoms with Crippen molar-refractivity contribution in [3.05, 3.63) is 70.6 Å². The topological polar surface area (TPSA) is 78.4 Å². The number of amides is 2. The number of thiophene rings is 1. The second-order valence-electron chi connectivity index (χ2n) is 5.11. The molecule has 2 amide bonds. The molecule has 0 radical (unpaired) electrons. The zero-order chi connectivity index (χ0) is 17.8. The molecular formula is C18H13ClN2O3S. The van der Waals surface area contributed by atoms with Gasteiger partial charge in [-0.25, -0.2) is 9.59 Å². The third-order valence-corrected chi connectivity index (χ3v) is 4.76. The van der Waals surface area contributed by atoms with Gasteiger partial charge in [0.25, 0.3) is 0 Å². The fraction of sp³-hybridized carbons (Fsp3) is 0. The van der Waals surface area contributed by atoms with E-state index in [9.17, 15) is 14.7 Å². The van der Waals surface area contributed by atoms with Crippen molar-refractivity contribution in [3.8, 4) is 10.4 Å². The molecule has 0 atom stereocenters. The molecule has 2 aromatic carbocycles. The number of benzene rings is 2. The van der Waals surface area contributed by atoms with E-state index in [0.29, 0.717) is 10.7 Å². The van der Waals surface area contributed by atoms with Gasteiger partial charge >= 0.3 is 12.0 Å². The van der Waals surface area contributed by atoms with Crippen LogP contribution in [0.25, 0.3) is 10.4 Å². The van der Waals surface area contributed by atoms with Gasteiger partial charge in [-0.05, 0) is 35.9 Å². The number of anilines is 2. The SMILES string of the molecule is O=C(Nc1ccc(Cl)cc1)Nc1cc(-c2ccccc2)sc1C(=O)O. The molecule has 0 fully saturated rings. The van der Waals surface area contributed by atoms with Crippen molar-refractivity contribution in [2.75, 3.05) is 10.6 Å². The standard InChI is InChI=1S/C18H13ClN2O3S/c19-12-6-8-13(9-7-12)20-18(24)21-14-10-15(25-16(14)17(22)23)11-4-2-1-3-5-11/h1-10H,(H,22,23)(H2,20,21,24). The number of aromatic carboxylic acids is 1. The van der Waals surface area contributed by atoms with E-state index in [2.05, 4.69) is 10.6 Å². The van der Waals surface area contributed by atoms with Crippen LogP contribution in [-0.2, 0) is 0 Å². The Morgan fingerprint density at radius 3 is 2.28 bits per heavy atom. The maximum atomic E-state index is 12.1. The number of carbonyl (C=O) groups excluding carboxylic acids is 1. The van der Waals surface area contributed by atoms with Gasteiger partial charge in [0.1, 0.15) is 4.88 Å². The largest absolute Gasteiger partial charge is 0.477 e. The summed E-state index contributed by atoms with van der Waals surface area (Å²) in [5.74, 6) is -1.09. The molecule has 0 unspecified atom stereocenters. The number of carboxylic acid groups (broad SMARTS) is 1. The van der Waals surface area contributed by atoms with Gasteiger partial charge in [-0.3, -0.25) is 0 Å². The Morgan fingerprint density at radius 2 is 1.64 bits per heavy atom. The molecule has 0 aliphatic rings. The molecule has 3 N–H and O–H groups in total. The Morgan fingerprint density at radius 1 is 0.960 bits per heavy atom. The van der Waals surface area contributed by atoms with Gasteiger partial charge < -0.3 is 15.7 Å². The lowest BCUT2D eigenvalue weighted by atomic mass is 10.2. The van der Waals surface area contributed by atoms with Crippen LogP contribution in [0, 0.1) is 0 Å². The lowest BCUT2D eigenvalue weighted by Gasteiger charge is -2.07. The number of urea groups is 1. The summed E-state index contributed by atoms with van der Waals surface area (Å²) >= 11 is 6.91. The Kier molecular flexibility index (Phi) is 5.02. The highest BCUT2D eigenvalue weighted by Gasteiger charge is 2.18. The number of rotatable bonds is 4. The Balaban J connectivity index is 1.81. The molecule has 0 aliphatic carbocycles. The van der Waals surface area contributed by atoms with E-state index in [1.807, 2.05) is 30.3 Å². The second kappa shape index (κ2) is 7.38. The highest BCUT2D eigenvalue weighted by molar-refractivity contribution is 7.18. The van der Waals surface area contributed by atoms with Gasteiger partial charge in [0.05, 0.1) is 5.69 Å². The first-order valence-corrected chi connectivity index (χ1v) is 8.48. The molecule has 0 saturated carbocycles. The number of halogens is 1. The van der Waals surface area contributed by atoms with Crippen LogP contribution in [0.1, 0.15) is 9.67 Å². The van der Waals surface area contributed by atoms with Crippen molar-refractivity contribution in [2.24, 2.45) is 0 Å². The van der Waals surface area contributed by atoms with Crippen molar-refractivity contribution in [1.82, 2.24) is 0 Å². The predicted octanol–water partition coefficient (Wildman–Crippen LogP) is 5.41. The van der Waals surface area contributed by atoms with Gasteiger partial charge in [-0.2, -0.15) is 0 Å². The predicted molar refractivity (Wildman–Crippen MR) is 101 cm³/mol. The zero-order valence-electron chi connectivity index (χ0n) is 12.8. The van der Waals surface area contributed by atoms with E-state index in [1.54, 1.807) is 30.3 Å². The molecule has 0 saturated heterocycles. The van der Waals surface area contributed by atoms with E-state index in [4.69, 9.17) is 11.6 Å². The van der Waals surface area contributed by atoms with E-state index < -0.39 is 12.0 Å². The minimum absolute atomic E-state index is 0.0742. The van der Waals surface area contributed by atoms with Crippen LogP contribution in [0.15, 0.2) is 60.7 Å². The normalized spacial score (nSPS) is 10.3. The molecule has 7 heteroatoms. The second-order valence-corrected chi connectivity index (χ2v) is 6.60. The minimum Gasteiger partial charge on any atom is -0.477 e. The van der Waals surface area contributed by atoms with Gasteiger partial charge in [0.2, 0.25) is 0 Å². The van der Waals surface area contributed by atoms with Crippen LogP contribution in [0.2, 0.25) is 5.02 Å². The summed E-state index contributed by atoms with van der Waals surface area (Å²) in [6, 6.07) is 17.1. The Bertz CT molecular complexity index is 908. The average Bonchev–Trinajstić information content (AvgIpc) is 3.02. The summed E-state index contributed by atoms with van der Waals surface area (Å²) in [7, 11) is 0. The fourth-order valence-electron chi connectivity index (χ4n) is 2.21. The van der Waals surface area contributed by atoms with Gasteiger partial charge in [0.15, 0.2) is 0 Å². The summed E-state index contributed by atoms with van der Waals surface area (Å²) in [5, 5.41) is 15.2. The smallest absolute Gasteiger partial charge is 0.348 e. The molecule has 0 bridgehead atoms. The van der Waals surface area contributed by atoms with Crippen molar-refractivity contribution in [3.63, 3.8) is 0 Å². The minimum atomic E-state index is -1.09. The molecule has 1 aromatic heterocycles. The lowest BCUT2D eigenvalue weighted by molar-refractivity contribution is 0.0703. The summed E-state index contributed by atoms with van der Waals surface area (Å²) in [6.45, 7) is 0. The summed E-state index contributed by atoms with van der Waals surface area (Å²) in [5.41, 5.74) is 1.70. The summed E-state index contributed by atoms with van der Waals surface area (Å²) in [6.07, 6.45) is 0. The molecule has 0 aliphatic heterocycles. The van der Waals surface area contributed by atoms with Crippen molar-refractivity contribution >= 4 is 46.3 Å². The first-order chi connectivity index (χ1) is 12.0. The average molecular weight is 373 g/mol. The molecule has 3 rings (SSSR count). The molecule has 1 heterocycles. The highest BCUT2D eigenvalue weighted by Crippen LogP contribution is 2.34. The van der Waals surface area contributed by atoms with Gasteiger partial charge in [0, 0.05) is 15.6 Å². The van der Waals surface area contributed by atoms with Crippen LogP contribution in [0.3, 0.4) is 0 Å². The van der Waals surface area contributed by atoms with Crippen LogP contribution in [-0.4, -0.2) is 17.1 Å². The number of hydrogen-bond donors (Lipinski definition) is 3. The number of carbonyl (C=O) groups is 2. The first kappa shape index (κ1) is 17.0. The van der Waals surface area contributed by atoms with Gasteiger partial charge in [-0.15, -0.1) is 11.3 Å². The van der Waals surface area contributed by atoms with Crippen LogP contribution >= 0.6 is 22.9 Å². The van der Waals surface area contributed by atoms with E-state index in [0.717, 1.165) is 21.8 Å². The molecule has 5 nitrogen and oxygen atoms in total. The number of hydrogen-bond acceptors (Lipinski definition) is 3.